The Morgan fingerprint density at radius 3 is 2.71 bits per heavy atom. The van der Waals surface area contributed by atoms with Crippen molar-refractivity contribution in [3.8, 4) is 10.6 Å². The molecule has 2 aromatic heterocycles. The molecule has 2 aromatic rings. The molecular formula is C10H14N4OS2. The van der Waals surface area contributed by atoms with Crippen molar-refractivity contribution < 1.29 is 4.74 Å². The molecule has 0 atom stereocenters. The van der Waals surface area contributed by atoms with E-state index >= 15 is 0 Å². The van der Waals surface area contributed by atoms with Crippen LogP contribution in [0.4, 0.5) is 10.3 Å². The highest BCUT2D eigenvalue weighted by molar-refractivity contribution is 7.19. The molecule has 0 aliphatic carbocycles. The van der Waals surface area contributed by atoms with Crippen molar-refractivity contribution in [2.75, 3.05) is 31.8 Å². The predicted molar refractivity (Wildman–Crippen MR) is 72.7 cm³/mol. The van der Waals surface area contributed by atoms with Crippen LogP contribution in [0.1, 0.15) is 5.69 Å². The van der Waals surface area contributed by atoms with Gasteiger partial charge in [0, 0.05) is 26.6 Å². The van der Waals surface area contributed by atoms with E-state index in [1.807, 2.05) is 24.4 Å². The minimum atomic E-state index is 0.483. The van der Waals surface area contributed by atoms with Gasteiger partial charge in [-0.15, -0.1) is 11.3 Å². The highest BCUT2D eigenvalue weighted by atomic mass is 32.1. The number of rotatable bonds is 4. The number of methoxy groups -OCH3 is 1. The van der Waals surface area contributed by atoms with Crippen molar-refractivity contribution >= 4 is 32.9 Å². The highest BCUT2D eigenvalue weighted by Crippen LogP contribution is 2.35. The molecule has 5 nitrogen and oxygen atoms in total. The first-order valence-corrected chi connectivity index (χ1v) is 6.68. The van der Waals surface area contributed by atoms with Gasteiger partial charge in [0.1, 0.15) is 0 Å². The lowest BCUT2D eigenvalue weighted by atomic mass is 10.3. The van der Waals surface area contributed by atoms with Gasteiger partial charge in [-0.25, -0.2) is 9.97 Å². The van der Waals surface area contributed by atoms with Crippen LogP contribution in [0.2, 0.25) is 0 Å². The second-order valence-electron chi connectivity index (χ2n) is 3.67. The van der Waals surface area contributed by atoms with Crippen LogP contribution in [0.25, 0.3) is 10.6 Å². The van der Waals surface area contributed by atoms with E-state index < -0.39 is 0 Å². The van der Waals surface area contributed by atoms with Crippen molar-refractivity contribution in [1.29, 1.82) is 0 Å². The molecular weight excluding hydrogens is 256 g/mol. The number of aromatic nitrogens is 2. The molecule has 17 heavy (non-hydrogen) atoms. The Morgan fingerprint density at radius 2 is 2.18 bits per heavy atom. The van der Waals surface area contributed by atoms with E-state index in [9.17, 15) is 0 Å². The zero-order valence-electron chi connectivity index (χ0n) is 9.93. The minimum Gasteiger partial charge on any atom is -0.378 e. The average Bonchev–Trinajstić information content (AvgIpc) is 2.85. The Kier molecular flexibility index (Phi) is 3.60. The number of nitrogens with two attached hydrogens (primary N) is 1. The second kappa shape index (κ2) is 4.99. The number of nitrogens with zero attached hydrogens (tertiary/aromatic N) is 3. The number of nitrogen functional groups attached to an aromatic ring is 1. The molecule has 0 saturated heterocycles. The molecule has 0 aliphatic rings. The van der Waals surface area contributed by atoms with Crippen LogP contribution in [0.5, 0.6) is 0 Å². The SMILES string of the molecule is COCc1nc(N(C)C)sc1-c1csc(N)n1. The first-order chi connectivity index (χ1) is 8.11. The Morgan fingerprint density at radius 1 is 1.41 bits per heavy atom. The van der Waals surface area contributed by atoms with Crippen LogP contribution >= 0.6 is 22.7 Å². The highest BCUT2D eigenvalue weighted by Gasteiger charge is 2.16. The van der Waals surface area contributed by atoms with Crippen LogP contribution < -0.4 is 10.6 Å². The van der Waals surface area contributed by atoms with E-state index in [4.69, 9.17) is 10.5 Å². The summed E-state index contributed by atoms with van der Waals surface area (Å²) in [5.41, 5.74) is 7.45. The smallest absolute Gasteiger partial charge is 0.185 e. The molecule has 0 aromatic carbocycles. The van der Waals surface area contributed by atoms with Crippen molar-refractivity contribution in [2.45, 2.75) is 6.61 Å². The molecule has 0 saturated carbocycles. The summed E-state index contributed by atoms with van der Waals surface area (Å²) in [6.07, 6.45) is 0. The van der Waals surface area contributed by atoms with E-state index in [-0.39, 0.29) is 0 Å². The first kappa shape index (κ1) is 12.3. The zero-order valence-corrected chi connectivity index (χ0v) is 11.6. The van der Waals surface area contributed by atoms with Crippen LogP contribution in [0, 0.1) is 0 Å². The lowest BCUT2D eigenvalue weighted by molar-refractivity contribution is 0.182. The summed E-state index contributed by atoms with van der Waals surface area (Å²) in [6.45, 7) is 0.483. The fourth-order valence-electron chi connectivity index (χ4n) is 1.36. The largest absolute Gasteiger partial charge is 0.378 e. The molecule has 0 radical (unpaired) electrons. The van der Waals surface area contributed by atoms with Gasteiger partial charge in [0.2, 0.25) is 0 Å². The molecule has 0 amide bonds. The van der Waals surface area contributed by atoms with Gasteiger partial charge in [0.25, 0.3) is 0 Å². The Bertz CT molecular complexity index is 506. The van der Waals surface area contributed by atoms with Crippen molar-refractivity contribution in [3.63, 3.8) is 0 Å². The van der Waals surface area contributed by atoms with Gasteiger partial charge in [0.05, 0.1) is 22.9 Å². The summed E-state index contributed by atoms with van der Waals surface area (Å²) in [5, 5.41) is 3.46. The van der Waals surface area contributed by atoms with Gasteiger partial charge in [-0.3, -0.25) is 0 Å². The predicted octanol–water partition coefficient (Wildman–Crippen LogP) is 2.06. The zero-order chi connectivity index (χ0) is 12.4. The van der Waals surface area contributed by atoms with Gasteiger partial charge >= 0.3 is 0 Å². The van der Waals surface area contributed by atoms with E-state index in [0.29, 0.717) is 11.7 Å². The summed E-state index contributed by atoms with van der Waals surface area (Å²) in [4.78, 5) is 11.8. The molecule has 92 valence electrons. The lowest BCUT2D eigenvalue weighted by Gasteiger charge is -2.05. The molecule has 0 unspecified atom stereocenters. The Balaban J connectivity index is 2.43. The maximum atomic E-state index is 5.66. The molecule has 0 bridgehead atoms. The van der Waals surface area contributed by atoms with E-state index in [2.05, 4.69) is 9.97 Å². The summed E-state index contributed by atoms with van der Waals surface area (Å²) in [5.74, 6) is 0. The van der Waals surface area contributed by atoms with Gasteiger partial charge in [-0.2, -0.15) is 0 Å². The van der Waals surface area contributed by atoms with Crippen LogP contribution in [-0.2, 0) is 11.3 Å². The number of hydrogen-bond donors (Lipinski definition) is 1. The topological polar surface area (TPSA) is 64.3 Å². The number of hydrogen-bond acceptors (Lipinski definition) is 7. The summed E-state index contributed by atoms with van der Waals surface area (Å²) in [6, 6.07) is 0. The van der Waals surface area contributed by atoms with Crippen molar-refractivity contribution in [2.24, 2.45) is 0 Å². The van der Waals surface area contributed by atoms with E-state index in [1.165, 1.54) is 11.3 Å². The van der Waals surface area contributed by atoms with Gasteiger partial charge in [-0.05, 0) is 0 Å². The maximum absolute atomic E-state index is 5.66. The van der Waals surface area contributed by atoms with E-state index in [1.54, 1.807) is 18.4 Å². The molecule has 0 fully saturated rings. The van der Waals surface area contributed by atoms with Crippen LogP contribution in [0.3, 0.4) is 0 Å². The van der Waals surface area contributed by atoms with Gasteiger partial charge in [0.15, 0.2) is 10.3 Å². The molecule has 0 spiro atoms. The minimum absolute atomic E-state index is 0.483. The monoisotopic (exact) mass is 270 g/mol. The lowest BCUT2D eigenvalue weighted by Crippen LogP contribution is -2.08. The third-order valence-corrected chi connectivity index (χ3v) is 4.07. The molecule has 7 heteroatoms. The Hall–Kier alpha value is -1.18. The normalized spacial score (nSPS) is 10.8. The van der Waals surface area contributed by atoms with E-state index in [0.717, 1.165) is 21.4 Å². The third kappa shape index (κ3) is 2.56. The molecule has 2 N–H and O–H groups in total. The second-order valence-corrected chi connectivity index (χ2v) is 5.54. The first-order valence-electron chi connectivity index (χ1n) is 4.99. The standard InChI is InChI=1S/C10H14N4OS2/c1-14(2)10-13-6(4-15-3)8(17-10)7-5-16-9(11)12-7/h5H,4H2,1-3H3,(H2,11,12). The Labute approximate surface area is 108 Å². The molecule has 0 aliphatic heterocycles. The van der Waals surface area contributed by atoms with Crippen molar-refractivity contribution in [3.05, 3.63) is 11.1 Å². The quantitative estimate of drug-likeness (QED) is 0.921. The van der Waals surface area contributed by atoms with Crippen LogP contribution in [-0.4, -0.2) is 31.2 Å². The van der Waals surface area contributed by atoms with Crippen LogP contribution in [0.15, 0.2) is 5.38 Å². The molecule has 2 heterocycles. The van der Waals surface area contributed by atoms with Gasteiger partial charge in [-0.1, -0.05) is 11.3 Å². The van der Waals surface area contributed by atoms with Crippen molar-refractivity contribution in [1.82, 2.24) is 9.97 Å². The fourth-order valence-corrected chi connectivity index (χ4v) is 2.94. The molecule has 2 rings (SSSR count). The fraction of sp³-hybridized carbons (Fsp3) is 0.400. The number of ether oxygens (including phenoxy) is 1. The third-order valence-electron chi connectivity index (χ3n) is 2.10. The number of anilines is 2. The average molecular weight is 270 g/mol. The summed E-state index contributed by atoms with van der Waals surface area (Å²) >= 11 is 3.03. The van der Waals surface area contributed by atoms with Gasteiger partial charge < -0.3 is 15.4 Å². The summed E-state index contributed by atoms with van der Waals surface area (Å²) < 4.78 is 5.16. The summed E-state index contributed by atoms with van der Waals surface area (Å²) in [7, 11) is 5.59. The maximum Gasteiger partial charge on any atom is 0.185 e. The number of thiazole rings is 2.